The number of nitrogens with zero attached hydrogens (tertiary/aromatic N) is 2. The van der Waals surface area contributed by atoms with Gasteiger partial charge in [0.05, 0.1) is 10.0 Å². The third-order valence-corrected chi connectivity index (χ3v) is 4.58. The molecule has 25 heavy (non-hydrogen) atoms. The van der Waals surface area contributed by atoms with Crippen LogP contribution in [0.15, 0.2) is 54.2 Å². The van der Waals surface area contributed by atoms with Crippen LogP contribution < -0.4 is 5.73 Å². The maximum atomic E-state index is 11.3. The summed E-state index contributed by atoms with van der Waals surface area (Å²) in [6, 6.07) is 15.1. The molecule has 0 radical (unpaired) electrons. The first-order valence-corrected chi connectivity index (χ1v) is 8.18. The van der Waals surface area contributed by atoms with Crippen LogP contribution in [0, 0.1) is 11.3 Å². The summed E-state index contributed by atoms with van der Waals surface area (Å²) in [6.45, 7) is 0.573. The monoisotopic (exact) mass is 369 g/mol. The summed E-state index contributed by atoms with van der Waals surface area (Å²) in [7, 11) is 0. The van der Waals surface area contributed by atoms with Gasteiger partial charge in [-0.15, -0.1) is 0 Å². The molecule has 0 aliphatic carbocycles. The average molecular weight is 370 g/mol. The fourth-order valence-electron chi connectivity index (χ4n) is 2.67. The van der Waals surface area contributed by atoms with Crippen molar-refractivity contribution >= 4 is 46.1 Å². The van der Waals surface area contributed by atoms with Crippen molar-refractivity contribution in [2.75, 3.05) is 0 Å². The van der Waals surface area contributed by atoms with E-state index in [2.05, 4.69) is 0 Å². The molecule has 3 aromatic rings. The van der Waals surface area contributed by atoms with Gasteiger partial charge in [0.25, 0.3) is 5.91 Å². The topological polar surface area (TPSA) is 71.8 Å². The number of para-hydroxylation sites is 1. The molecule has 0 bridgehead atoms. The van der Waals surface area contributed by atoms with E-state index in [1.54, 1.807) is 6.07 Å². The smallest absolute Gasteiger partial charge is 0.259 e. The lowest BCUT2D eigenvalue weighted by molar-refractivity contribution is -0.114. The molecule has 4 nitrogen and oxygen atoms in total. The first-order chi connectivity index (χ1) is 12.0. The number of hydrogen-bond donors (Lipinski definition) is 1. The number of hydrogen-bond acceptors (Lipinski definition) is 2. The predicted octanol–water partition coefficient (Wildman–Crippen LogP) is 4.39. The van der Waals surface area contributed by atoms with Gasteiger partial charge >= 0.3 is 0 Å². The molecule has 0 spiro atoms. The normalized spacial score (nSPS) is 11.5. The number of rotatable bonds is 4. The summed E-state index contributed by atoms with van der Waals surface area (Å²) >= 11 is 12.1. The van der Waals surface area contributed by atoms with Gasteiger partial charge in [-0.05, 0) is 29.8 Å². The van der Waals surface area contributed by atoms with Crippen molar-refractivity contribution in [3.63, 3.8) is 0 Å². The molecule has 0 saturated carbocycles. The molecular weight excluding hydrogens is 357 g/mol. The highest BCUT2D eigenvalue weighted by Crippen LogP contribution is 2.27. The van der Waals surface area contributed by atoms with Crippen LogP contribution in [0.3, 0.4) is 0 Å². The van der Waals surface area contributed by atoms with E-state index in [9.17, 15) is 4.79 Å². The zero-order chi connectivity index (χ0) is 18.0. The largest absolute Gasteiger partial charge is 0.365 e. The number of benzene rings is 2. The van der Waals surface area contributed by atoms with E-state index in [1.165, 1.54) is 6.08 Å². The van der Waals surface area contributed by atoms with Gasteiger partial charge in [-0.3, -0.25) is 4.79 Å². The number of nitrogens with two attached hydrogens (primary N) is 1. The van der Waals surface area contributed by atoms with Crippen LogP contribution in [0.2, 0.25) is 10.0 Å². The highest BCUT2D eigenvalue weighted by Gasteiger charge is 2.11. The Hall–Kier alpha value is -2.74. The van der Waals surface area contributed by atoms with Gasteiger partial charge in [-0.2, -0.15) is 5.26 Å². The van der Waals surface area contributed by atoms with E-state index >= 15 is 0 Å². The lowest BCUT2D eigenvalue weighted by atomic mass is 10.1. The van der Waals surface area contributed by atoms with Crippen LogP contribution in [0.25, 0.3) is 17.0 Å². The van der Waals surface area contributed by atoms with Crippen molar-refractivity contribution in [3.05, 3.63) is 75.4 Å². The molecule has 0 atom stereocenters. The SMILES string of the molecule is N#C/C(=C/c1cn(Cc2ccc(Cl)c(Cl)c2)c2ccccc12)C(N)=O. The minimum absolute atomic E-state index is 0.0857. The first kappa shape index (κ1) is 17.1. The first-order valence-electron chi connectivity index (χ1n) is 7.43. The summed E-state index contributed by atoms with van der Waals surface area (Å²) in [5, 5.41) is 11.0. The predicted molar refractivity (Wildman–Crippen MR) is 100 cm³/mol. The molecule has 3 rings (SSSR count). The maximum absolute atomic E-state index is 11.3. The van der Waals surface area contributed by atoms with Crippen molar-refractivity contribution in [1.29, 1.82) is 5.26 Å². The lowest BCUT2D eigenvalue weighted by Crippen LogP contribution is -2.12. The van der Waals surface area contributed by atoms with Gasteiger partial charge < -0.3 is 10.3 Å². The second-order valence-corrected chi connectivity index (χ2v) is 6.33. The highest BCUT2D eigenvalue weighted by molar-refractivity contribution is 6.42. The number of amides is 1. The van der Waals surface area contributed by atoms with Crippen molar-refractivity contribution in [1.82, 2.24) is 4.57 Å². The molecular formula is C19H13Cl2N3O. The summed E-state index contributed by atoms with van der Waals surface area (Å²) in [5.74, 6) is -0.746. The molecule has 0 fully saturated rings. The molecule has 0 aliphatic rings. The van der Waals surface area contributed by atoms with Crippen molar-refractivity contribution in [3.8, 4) is 6.07 Å². The summed E-state index contributed by atoms with van der Waals surface area (Å²) in [4.78, 5) is 11.3. The van der Waals surface area contributed by atoms with E-state index < -0.39 is 5.91 Å². The van der Waals surface area contributed by atoms with Gasteiger partial charge in [0.1, 0.15) is 11.6 Å². The third-order valence-electron chi connectivity index (χ3n) is 3.84. The number of aromatic nitrogens is 1. The minimum Gasteiger partial charge on any atom is -0.365 e. The average Bonchev–Trinajstić information content (AvgIpc) is 2.93. The summed E-state index contributed by atoms with van der Waals surface area (Å²) in [5.41, 5.74) is 7.87. The number of fused-ring (bicyclic) bond motifs is 1. The molecule has 1 aromatic heterocycles. The second kappa shape index (κ2) is 7.02. The molecule has 1 heterocycles. The Morgan fingerprint density at radius 3 is 2.64 bits per heavy atom. The zero-order valence-electron chi connectivity index (χ0n) is 13.0. The van der Waals surface area contributed by atoms with Crippen LogP contribution in [0.5, 0.6) is 0 Å². The molecule has 0 aliphatic heterocycles. The van der Waals surface area contributed by atoms with Gasteiger partial charge in [0, 0.05) is 29.2 Å². The Bertz CT molecular complexity index is 1040. The van der Waals surface area contributed by atoms with E-state index in [0.29, 0.717) is 16.6 Å². The molecule has 0 saturated heterocycles. The van der Waals surface area contributed by atoms with Crippen molar-refractivity contribution in [2.24, 2.45) is 5.73 Å². The highest BCUT2D eigenvalue weighted by atomic mass is 35.5. The lowest BCUT2D eigenvalue weighted by Gasteiger charge is -2.06. The Morgan fingerprint density at radius 1 is 1.20 bits per heavy atom. The Morgan fingerprint density at radius 2 is 1.96 bits per heavy atom. The number of nitriles is 1. The van der Waals surface area contributed by atoms with Crippen LogP contribution in [-0.2, 0) is 11.3 Å². The van der Waals surface area contributed by atoms with E-state index in [0.717, 1.165) is 22.0 Å². The minimum atomic E-state index is -0.746. The van der Waals surface area contributed by atoms with Crippen molar-refractivity contribution in [2.45, 2.75) is 6.54 Å². The number of carbonyl (C=O) groups excluding carboxylic acids is 1. The Kier molecular flexibility index (Phi) is 4.80. The van der Waals surface area contributed by atoms with Gasteiger partial charge in [0.15, 0.2) is 0 Å². The van der Waals surface area contributed by atoms with Crippen molar-refractivity contribution < 1.29 is 4.79 Å². The molecule has 2 N–H and O–H groups in total. The molecule has 1 amide bonds. The van der Waals surface area contributed by atoms with Crippen LogP contribution >= 0.6 is 23.2 Å². The third kappa shape index (κ3) is 3.53. The summed E-state index contributed by atoms with van der Waals surface area (Å²) in [6.07, 6.45) is 3.39. The fraction of sp³-hybridized carbons (Fsp3) is 0.0526. The molecule has 2 aromatic carbocycles. The quantitative estimate of drug-likeness (QED) is 0.547. The van der Waals surface area contributed by atoms with E-state index in [1.807, 2.05) is 53.2 Å². The standard InChI is InChI=1S/C19H13Cl2N3O/c20-16-6-5-12(7-17(16)21)10-24-11-14(8-13(9-22)19(23)25)15-3-1-2-4-18(15)24/h1-8,11H,10H2,(H2,23,25)/b13-8-. The van der Waals surface area contributed by atoms with Crippen LogP contribution in [0.4, 0.5) is 0 Å². The number of primary amides is 1. The fourth-order valence-corrected chi connectivity index (χ4v) is 2.99. The molecule has 124 valence electrons. The molecule has 0 unspecified atom stereocenters. The van der Waals surface area contributed by atoms with E-state index in [4.69, 9.17) is 34.2 Å². The van der Waals surface area contributed by atoms with Gasteiger partial charge in [-0.1, -0.05) is 47.5 Å². The molecule has 6 heteroatoms. The number of carbonyl (C=O) groups is 1. The summed E-state index contributed by atoms with van der Waals surface area (Å²) < 4.78 is 2.02. The number of halogens is 2. The van der Waals surface area contributed by atoms with Crippen LogP contribution in [-0.4, -0.2) is 10.5 Å². The van der Waals surface area contributed by atoms with Crippen LogP contribution in [0.1, 0.15) is 11.1 Å². The Labute approximate surface area is 154 Å². The van der Waals surface area contributed by atoms with Gasteiger partial charge in [0.2, 0.25) is 0 Å². The maximum Gasteiger partial charge on any atom is 0.259 e. The zero-order valence-corrected chi connectivity index (χ0v) is 14.6. The van der Waals surface area contributed by atoms with E-state index in [-0.39, 0.29) is 5.57 Å². The second-order valence-electron chi connectivity index (χ2n) is 5.51. The Balaban J connectivity index is 2.09. The van der Waals surface area contributed by atoms with Gasteiger partial charge in [-0.25, -0.2) is 0 Å².